The molecule has 1 aliphatic rings. The van der Waals surface area contributed by atoms with E-state index >= 15 is 0 Å². The van der Waals surface area contributed by atoms with Crippen LogP contribution in [0.4, 0.5) is 0 Å². The lowest BCUT2D eigenvalue weighted by molar-refractivity contribution is -0.133. The molecule has 0 atom stereocenters. The molecule has 20 heavy (non-hydrogen) atoms. The maximum atomic E-state index is 12.1. The first-order valence-electron chi connectivity index (χ1n) is 7.09. The fourth-order valence-corrected chi connectivity index (χ4v) is 2.45. The lowest BCUT2D eigenvalue weighted by Crippen LogP contribution is -2.35. The number of carbonyl (C=O) groups excluding carboxylic acids is 1. The monoisotopic (exact) mass is 274 g/mol. The summed E-state index contributed by atoms with van der Waals surface area (Å²) >= 11 is 0. The second-order valence-corrected chi connectivity index (χ2v) is 5.03. The third kappa shape index (κ3) is 2.92. The highest BCUT2D eigenvalue weighted by atomic mass is 16.6. The number of ether oxygens (including phenoxy) is 1. The molecule has 1 saturated heterocycles. The number of benzene rings is 1. The third-order valence-electron chi connectivity index (χ3n) is 3.55. The molecule has 0 unspecified atom stereocenters. The van der Waals surface area contributed by atoms with Crippen molar-refractivity contribution in [1.82, 2.24) is 9.88 Å². The van der Waals surface area contributed by atoms with Gasteiger partial charge in [0.2, 0.25) is 0 Å². The second kappa shape index (κ2) is 5.94. The molecule has 0 bridgehead atoms. The zero-order chi connectivity index (χ0) is 13.8. The number of oxazole rings is 1. The first-order chi connectivity index (χ1) is 9.83. The predicted octanol–water partition coefficient (Wildman–Crippen LogP) is 2.61. The molecule has 106 valence electrons. The van der Waals surface area contributed by atoms with Crippen LogP contribution in [0.2, 0.25) is 0 Å². The quantitative estimate of drug-likeness (QED) is 0.863. The fraction of sp³-hybridized carbons (Fsp3) is 0.467. The van der Waals surface area contributed by atoms with Crippen LogP contribution in [-0.4, -0.2) is 35.5 Å². The molecule has 2 heterocycles. The molecule has 1 aromatic carbocycles. The Balaban J connectivity index is 1.59. The molecular weight excluding hydrogens is 256 g/mol. The number of para-hydroxylation sites is 2. The first kappa shape index (κ1) is 13.0. The van der Waals surface area contributed by atoms with Gasteiger partial charge in [0, 0.05) is 13.1 Å². The molecule has 5 nitrogen and oxygen atoms in total. The van der Waals surface area contributed by atoms with Gasteiger partial charge in [0.25, 0.3) is 5.91 Å². The smallest absolute Gasteiger partial charge is 0.395 e. The average molecular weight is 274 g/mol. The molecule has 5 heteroatoms. The highest BCUT2D eigenvalue weighted by Crippen LogP contribution is 2.20. The van der Waals surface area contributed by atoms with Gasteiger partial charge in [-0.05, 0) is 25.0 Å². The summed E-state index contributed by atoms with van der Waals surface area (Å²) in [5.41, 5.74) is 1.41. The Kier molecular flexibility index (Phi) is 3.85. The van der Waals surface area contributed by atoms with E-state index in [1.54, 1.807) is 0 Å². The molecule has 0 aliphatic carbocycles. The van der Waals surface area contributed by atoms with Crippen LogP contribution in [-0.2, 0) is 4.79 Å². The van der Waals surface area contributed by atoms with Crippen LogP contribution in [0, 0.1) is 0 Å². The van der Waals surface area contributed by atoms with E-state index < -0.39 is 0 Å². The molecule has 0 N–H and O–H groups in total. The minimum Gasteiger partial charge on any atom is -0.440 e. The van der Waals surface area contributed by atoms with Gasteiger partial charge in [0.1, 0.15) is 5.52 Å². The van der Waals surface area contributed by atoms with E-state index in [-0.39, 0.29) is 18.6 Å². The van der Waals surface area contributed by atoms with Crippen LogP contribution in [0.3, 0.4) is 0 Å². The minimum absolute atomic E-state index is 0.00712. The molecule has 0 radical (unpaired) electrons. The van der Waals surface area contributed by atoms with E-state index in [9.17, 15) is 4.79 Å². The van der Waals surface area contributed by atoms with Gasteiger partial charge in [-0.1, -0.05) is 25.0 Å². The summed E-state index contributed by atoms with van der Waals surface area (Å²) < 4.78 is 10.8. The Morgan fingerprint density at radius 1 is 1.20 bits per heavy atom. The summed E-state index contributed by atoms with van der Waals surface area (Å²) in [5, 5.41) is 0. The third-order valence-corrected chi connectivity index (χ3v) is 3.55. The van der Waals surface area contributed by atoms with Crippen molar-refractivity contribution < 1.29 is 13.9 Å². The molecule has 1 amide bonds. The molecule has 3 rings (SSSR count). The highest BCUT2D eigenvalue weighted by Gasteiger charge is 2.17. The Hall–Kier alpha value is -2.04. The number of nitrogens with zero attached hydrogens (tertiary/aromatic N) is 2. The lowest BCUT2D eigenvalue weighted by Gasteiger charge is -2.19. The van der Waals surface area contributed by atoms with Crippen LogP contribution in [0.25, 0.3) is 11.1 Å². The van der Waals surface area contributed by atoms with Gasteiger partial charge in [-0.2, -0.15) is 4.98 Å². The number of carbonyl (C=O) groups is 1. The number of hydrogen-bond acceptors (Lipinski definition) is 4. The van der Waals surface area contributed by atoms with Gasteiger partial charge in [0.05, 0.1) is 0 Å². The largest absolute Gasteiger partial charge is 0.440 e. The van der Waals surface area contributed by atoms with Crippen LogP contribution in [0.5, 0.6) is 6.08 Å². The van der Waals surface area contributed by atoms with Gasteiger partial charge in [-0.25, -0.2) is 0 Å². The van der Waals surface area contributed by atoms with Gasteiger partial charge in [-0.3, -0.25) is 4.79 Å². The van der Waals surface area contributed by atoms with E-state index in [2.05, 4.69) is 4.98 Å². The van der Waals surface area contributed by atoms with Crippen molar-refractivity contribution in [3.63, 3.8) is 0 Å². The molecule has 0 saturated carbocycles. The number of likely N-dealkylation sites (tertiary alicyclic amines) is 1. The molecule has 1 aromatic heterocycles. The summed E-state index contributed by atoms with van der Waals surface area (Å²) in [4.78, 5) is 18.1. The summed E-state index contributed by atoms with van der Waals surface area (Å²) in [6, 6.07) is 7.44. The minimum atomic E-state index is -0.00712. The average Bonchev–Trinajstić information content (AvgIpc) is 2.69. The zero-order valence-corrected chi connectivity index (χ0v) is 11.4. The summed E-state index contributed by atoms with van der Waals surface area (Å²) in [6.07, 6.45) is 4.73. The van der Waals surface area contributed by atoms with Gasteiger partial charge in [0.15, 0.2) is 12.2 Å². The molecule has 0 spiro atoms. The number of amides is 1. The number of fused-ring (bicyclic) bond motifs is 1. The highest BCUT2D eigenvalue weighted by molar-refractivity contribution is 5.78. The molecule has 2 aromatic rings. The standard InChI is InChI=1S/C15H18N2O3/c18-14(17-9-5-1-2-6-10-17)11-19-15-16-12-7-3-4-8-13(12)20-15/h3-4,7-8H,1-2,5-6,9-11H2. The van der Waals surface area contributed by atoms with Crippen LogP contribution < -0.4 is 4.74 Å². The summed E-state index contributed by atoms with van der Waals surface area (Å²) in [7, 11) is 0. The van der Waals surface area contributed by atoms with Crippen molar-refractivity contribution in [2.75, 3.05) is 19.7 Å². The molecular formula is C15H18N2O3. The maximum Gasteiger partial charge on any atom is 0.395 e. The lowest BCUT2D eigenvalue weighted by atomic mass is 10.2. The van der Waals surface area contributed by atoms with Crippen molar-refractivity contribution >= 4 is 17.0 Å². The number of rotatable bonds is 3. The van der Waals surface area contributed by atoms with E-state index in [1.165, 1.54) is 12.8 Å². The van der Waals surface area contributed by atoms with Crippen molar-refractivity contribution in [3.05, 3.63) is 24.3 Å². The van der Waals surface area contributed by atoms with Crippen molar-refractivity contribution in [1.29, 1.82) is 0 Å². The van der Waals surface area contributed by atoms with E-state index in [0.29, 0.717) is 5.58 Å². The Labute approximate surface area is 117 Å². The normalized spacial score (nSPS) is 16.1. The van der Waals surface area contributed by atoms with E-state index in [0.717, 1.165) is 31.4 Å². The van der Waals surface area contributed by atoms with Crippen LogP contribution in [0.1, 0.15) is 25.7 Å². The van der Waals surface area contributed by atoms with Crippen LogP contribution >= 0.6 is 0 Å². The molecule has 1 aliphatic heterocycles. The van der Waals surface area contributed by atoms with Crippen molar-refractivity contribution in [3.8, 4) is 6.08 Å². The fourth-order valence-electron chi connectivity index (χ4n) is 2.45. The van der Waals surface area contributed by atoms with Gasteiger partial charge < -0.3 is 14.1 Å². The summed E-state index contributed by atoms with van der Waals surface area (Å²) in [5.74, 6) is 0.00848. The Bertz CT molecular complexity index is 553. The maximum absolute atomic E-state index is 12.1. The Morgan fingerprint density at radius 2 is 1.95 bits per heavy atom. The number of aromatic nitrogens is 1. The van der Waals surface area contributed by atoms with Gasteiger partial charge in [-0.15, -0.1) is 0 Å². The predicted molar refractivity (Wildman–Crippen MR) is 74.6 cm³/mol. The van der Waals surface area contributed by atoms with Crippen LogP contribution in [0.15, 0.2) is 28.7 Å². The van der Waals surface area contributed by atoms with Gasteiger partial charge >= 0.3 is 6.08 Å². The second-order valence-electron chi connectivity index (χ2n) is 5.03. The Morgan fingerprint density at radius 3 is 2.70 bits per heavy atom. The van der Waals surface area contributed by atoms with Crippen molar-refractivity contribution in [2.24, 2.45) is 0 Å². The van der Waals surface area contributed by atoms with E-state index in [1.807, 2.05) is 29.2 Å². The van der Waals surface area contributed by atoms with Crippen molar-refractivity contribution in [2.45, 2.75) is 25.7 Å². The topological polar surface area (TPSA) is 55.6 Å². The SMILES string of the molecule is O=C(COc1nc2ccccc2o1)N1CCCCCC1. The first-order valence-corrected chi connectivity index (χ1v) is 7.09. The van der Waals surface area contributed by atoms with E-state index in [4.69, 9.17) is 9.15 Å². The molecule has 1 fully saturated rings. The number of hydrogen-bond donors (Lipinski definition) is 0. The summed E-state index contributed by atoms with van der Waals surface area (Å²) in [6.45, 7) is 1.65. The zero-order valence-electron chi connectivity index (χ0n) is 11.4.